The van der Waals surface area contributed by atoms with Crippen LogP contribution in [0.5, 0.6) is 0 Å². The van der Waals surface area contributed by atoms with Crippen molar-refractivity contribution < 1.29 is 4.79 Å². The van der Waals surface area contributed by atoms with E-state index in [4.69, 9.17) is 0 Å². The molecular weight excluding hydrogens is 326 g/mol. The Morgan fingerprint density at radius 2 is 1.56 bits per heavy atom. The van der Waals surface area contributed by atoms with Crippen LogP contribution in [0.2, 0.25) is 0 Å². The molecule has 0 aliphatic carbocycles. The van der Waals surface area contributed by atoms with Gasteiger partial charge in [-0.15, -0.1) is 11.8 Å². The molecule has 0 radical (unpaired) electrons. The zero-order valence-corrected chi connectivity index (χ0v) is 16.9. The lowest BCUT2D eigenvalue weighted by molar-refractivity contribution is 0.0937. The first-order chi connectivity index (χ1) is 11.7. The molecule has 2 aromatic carbocycles. The number of carbonyl (C=O) groups is 1. The highest BCUT2D eigenvalue weighted by molar-refractivity contribution is 8.00. The predicted octanol–water partition coefficient (Wildman–Crippen LogP) is 5.98. The van der Waals surface area contributed by atoms with Gasteiger partial charge in [-0.3, -0.25) is 4.79 Å². The summed E-state index contributed by atoms with van der Waals surface area (Å²) in [5.41, 5.74) is 3.31. The number of thioether (sulfide) groups is 1. The number of rotatable bonds is 5. The molecule has 2 nitrogen and oxygen atoms in total. The summed E-state index contributed by atoms with van der Waals surface area (Å²) in [5, 5.41) is 3.57. The van der Waals surface area contributed by atoms with Crippen LogP contribution in [-0.4, -0.2) is 11.2 Å². The summed E-state index contributed by atoms with van der Waals surface area (Å²) < 4.78 is 0. The third-order valence-electron chi connectivity index (χ3n) is 4.12. The molecule has 2 rings (SSSR count). The number of benzene rings is 2. The van der Waals surface area contributed by atoms with Gasteiger partial charge in [0.05, 0.1) is 11.6 Å². The predicted molar refractivity (Wildman–Crippen MR) is 108 cm³/mol. The van der Waals surface area contributed by atoms with Gasteiger partial charge in [0.1, 0.15) is 0 Å². The first kappa shape index (κ1) is 19.6. The fourth-order valence-electron chi connectivity index (χ4n) is 2.64. The van der Waals surface area contributed by atoms with E-state index in [0.29, 0.717) is 5.25 Å². The Balaban J connectivity index is 2.13. The molecule has 1 atom stereocenters. The van der Waals surface area contributed by atoms with Crippen molar-refractivity contribution in [2.45, 2.75) is 63.1 Å². The average molecular weight is 356 g/mol. The highest BCUT2D eigenvalue weighted by Crippen LogP contribution is 2.27. The van der Waals surface area contributed by atoms with Crippen molar-refractivity contribution in [3.8, 4) is 0 Å². The van der Waals surface area contributed by atoms with Crippen LogP contribution in [0.15, 0.2) is 53.4 Å². The lowest BCUT2D eigenvalue weighted by atomic mass is 9.86. The van der Waals surface area contributed by atoms with Crippen LogP contribution in [-0.2, 0) is 5.41 Å². The SMILES string of the molecule is CC(C)Sc1ccccc1C(=O)N[C@H](C)c1ccc(C(C)(C)C)cc1. The minimum atomic E-state index is -0.0291. The molecule has 0 aliphatic rings. The van der Waals surface area contributed by atoms with Gasteiger partial charge >= 0.3 is 0 Å². The van der Waals surface area contributed by atoms with Gasteiger partial charge in [0.2, 0.25) is 0 Å². The quantitative estimate of drug-likeness (QED) is 0.669. The van der Waals surface area contributed by atoms with E-state index < -0.39 is 0 Å². The highest BCUT2D eigenvalue weighted by Gasteiger charge is 2.17. The zero-order chi connectivity index (χ0) is 18.6. The molecule has 1 amide bonds. The fraction of sp³-hybridized carbons (Fsp3) is 0.409. The second-order valence-corrected chi connectivity index (χ2v) is 9.35. The van der Waals surface area contributed by atoms with Gasteiger partial charge in [0.15, 0.2) is 0 Å². The maximum atomic E-state index is 12.7. The molecule has 0 aromatic heterocycles. The maximum Gasteiger partial charge on any atom is 0.252 e. The first-order valence-electron chi connectivity index (χ1n) is 8.85. The fourth-order valence-corrected chi connectivity index (χ4v) is 3.59. The van der Waals surface area contributed by atoms with Crippen LogP contribution in [0, 0.1) is 0 Å². The summed E-state index contributed by atoms with van der Waals surface area (Å²) in [6, 6.07) is 16.3. The summed E-state index contributed by atoms with van der Waals surface area (Å²) in [7, 11) is 0. The number of hydrogen-bond acceptors (Lipinski definition) is 2. The van der Waals surface area contributed by atoms with Crippen LogP contribution >= 0.6 is 11.8 Å². The molecule has 0 aliphatic heterocycles. The number of carbonyl (C=O) groups excluding carboxylic acids is 1. The third-order valence-corrected chi connectivity index (χ3v) is 5.20. The Labute approximate surface area is 156 Å². The summed E-state index contributed by atoms with van der Waals surface area (Å²) in [6.45, 7) is 12.9. The Morgan fingerprint density at radius 3 is 2.12 bits per heavy atom. The lowest BCUT2D eigenvalue weighted by Gasteiger charge is -2.21. The molecule has 0 unspecified atom stereocenters. The monoisotopic (exact) mass is 355 g/mol. The number of nitrogens with one attached hydrogen (secondary N) is 1. The van der Waals surface area contributed by atoms with Crippen molar-refractivity contribution in [2.24, 2.45) is 0 Å². The molecule has 2 aromatic rings. The van der Waals surface area contributed by atoms with E-state index in [-0.39, 0.29) is 17.4 Å². The molecule has 0 bridgehead atoms. The molecule has 134 valence electrons. The largest absolute Gasteiger partial charge is 0.345 e. The van der Waals surface area contributed by atoms with E-state index >= 15 is 0 Å². The van der Waals surface area contributed by atoms with E-state index in [2.05, 4.69) is 64.2 Å². The van der Waals surface area contributed by atoms with Gasteiger partial charge in [-0.1, -0.05) is 71.0 Å². The molecule has 1 N–H and O–H groups in total. The Bertz CT molecular complexity index is 714. The van der Waals surface area contributed by atoms with Gasteiger partial charge < -0.3 is 5.32 Å². The van der Waals surface area contributed by atoms with Crippen LogP contribution in [0.4, 0.5) is 0 Å². The highest BCUT2D eigenvalue weighted by atomic mass is 32.2. The van der Waals surface area contributed by atoms with E-state index in [1.165, 1.54) is 5.56 Å². The van der Waals surface area contributed by atoms with Gasteiger partial charge in [-0.2, -0.15) is 0 Å². The van der Waals surface area contributed by atoms with E-state index in [9.17, 15) is 4.79 Å². The number of amides is 1. The second-order valence-electron chi connectivity index (χ2n) is 7.73. The molecule has 25 heavy (non-hydrogen) atoms. The Kier molecular flexibility index (Phi) is 6.34. The molecule has 0 fully saturated rings. The third kappa shape index (κ3) is 5.37. The van der Waals surface area contributed by atoms with E-state index in [1.807, 2.05) is 31.2 Å². The summed E-state index contributed by atoms with van der Waals surface area (Å²) in [6.07, 6.45) is 0. The standard InChI is InChI=1S/C22H29NOS/c1-15(2)25-20-10-8-7-9-19(20)21(24)23-16(3)17-11-13-18(14-12-17)22(4,5)6/h7-16H,1-6H3,(H,23,24)/t16-/m1/s1. The van der Waals surface area contributed by atoms with Crippen molar-refractivity contribution in [3.05, 3.63) is 65.2 Å². The van der Waals surface area contributed by atoms with Gasteiger partial charge in [0, 0.05) is 10.1 Å². The van der Waals surface area contributed by atoms with E-state index in [1.54, 1.807) is 11.8 Å². The van der Waals surface area contributed by atoms with Gasteiger partial charge in [-0.25, -0.2) is 0 Å². The minimum absolute atomic E-state index is 0.0175. The smallest absolute Gasteiger partial charge is 0.252 e. The maximum absolute atomic E-state index is 12.7. The summed E-state index contributed by atoms with van der Waals surface area (Å²) in [5.74, 6) is -0.0175. The Hall–Kier alpha value is -1.74. The average Bonchev–Trinajstić information content (AvgIpc) is 2.54. The molecule has 0 heterocycles. The van der Waals surface area contributed by atoms with Crippen molar-refractivity contribution in [1.29, 1.82) is 0 Å². The summed E-state index contributed by atoms with van der Waals surface area (Å²) in [4.78, 5) is 13.8. The summed E-state index contributed by atoms with van der Waals surface area (Å²) >= 11 is 1.72. The molecule has 3 heteroatoms. The molecule has 0 saturated carbocycles. The molecule has 0 spiro atoms. The van der Waals surface area contributed by atoms with Gasteiger partial charge in [0.25, 0.3) is 5.91 Å². The van der Waals surface area contributed by atoms with Crippen molar-refractivity contribution >= 4 is 17.7 Å². The molecular formula is C22H29NOS. The van der Waals surface area contributed by atoms with Crippen LogP contribution in [0.1, 0.15) is 69.1 Å². The van der Waals surface area contributed by atoms with Crippen LogP contribution in [0.25, 0.3) is 0 Å². The van der Waals surface area contributed by atoms with Gasteiger partial charge in [-0.05, 0) is 35.6 Å². The van der Waals surface area contributed by atoms with Crippen LogP contribution < -0.4 is 5.32 Å². The number of hydrogen-bond donors (Lipinski definition) is 1. The van der Waals surface area contributed by atoms with Crippen LogP contribution in [0.3, 0.4) is 0 Å². The Morgan fingerprint density at radius 1 is 0.960 bits per heavy atom. The normalized spacial score (nSPS) is 12.9. The lowest BCUT2D eigenvalue weighted by Crippen LogP contribution is -2.27. The van der Waals surface area contributed by atoms with E-state index in [0.717, 1.165) is 16.0 Å². The van der Waals surface area contributed by atoms with Crippen molar-refractivity contribution in [2.75, 3.05) is 0 Å². The second kappa shape index (κ2) is 8.09. The minimum Gasteiger partial charge on any atom is -0.345 e. The zero-order valence-electron chi connectivity index (χ0n) is 16.1. The van der Waals surface area contributed by atoms with Crippen molar-refractivity contribution in [1.82, 2.24) is 5.32 Å². The first-order valence-corrected chi connectivity index (χ1v) is 9.73. The molecule has 0 saturated heterocycles. The van der Waals surface area contributed by atoms with Crippen molar-refractivity contribution in [3.63, 3.8) is 0 Å². The topological polar surface area (TPSA) is 29.1 Å².